The van der Waals surface area contributed by atoms with Crippen LogP contribution in [0.4, 0.5) is 0 Å². The summed E-state index contributed by atoms with van der Waals surface area (Å²) in [6.45, 7) is 12.2. The molecule has 0 aliphatic carbocycles. The molecule has 1 rings (SSSR count). The van der Waals surface area contributed by atoms with E-state index in [-0.39, 0.29) is 11.8 Å². The minimum absolute atomic E-state index is 0.0535. The van der Waals surface area contributed by atoms with Crippen molar-refractivity contribution in [2.45, 2.75) is 52.1 Å². The van der Waals surface area contributed by atoms with Crippen LogP contribution in [0.3, 0.4) is 0 Å². The second-order valence-corrected chi connectivity index (χ2v) is 5.92. The maximum Gasteiger partial charge on any atom is 0.146 e. The normalized spacial score (nSPS) is 19.8. The van der Waals surface area contributed by atoms with Crippen LogP contribution in [0.5, 0.6) is 0 Å². The molecule has 1 fully saturated rings. The highest BCUT2D eigenvalue weighted by atomic mass is 16.1. The fourth-order valence-corrected chi connectivity index (χ4v) is 2.74. The second-order valence-electron chi connectivity index (χ2n) is 5.92. The van der Waals surface area contributed by atoms with E-state index in [1.165, 1.54) is 39.1 Å². The number of carbonyl (C=O) groups is 1. The van der Waals surface area contributed by atoms with Crippen LogP contribution in [0.15, 0.2) is 0 Å². The van der Waals surface area contributed by atoms with Crippen molar-refractivity contribution in [1.29, 1.82) is 0 Å². The van der Waals surface area contributed by atoms with Crippen LogP contribution in [0.1, 0.15) is 40.0 Å². The molecule has 4 heteroatoms. The summed E-state index contributed by atoms with van der Waals surface area (Å²) in [5.41, 5.74) is 0. The van der Waals surface area contributed by atoms with Gasteiger partial charge < -0.3 is 10.2 Å². The number of ketones is 1. The number of piperazine rings is 1. The average molecular weight is 269 g/mol. The predicted molar refractivity (Wildman–Crippen MR) is 80.5 cm³/mol. The number of rotatable bonds is 8. The smallest absolute Gasteiger partial charge is 0.146 e. The minimum atomic E-state index is 0.0535. The monoisotopic (exact) mass is 269 g/mol. The lowest BCUT2D eigenvalue weighted by molar-refractivity contribution is -0.119. The summed E-state index contributed by atoms with van der Waals surface area (Å²) in [6, 6.07) is 0.729. The lowest BCUT2D eigenvalue weighted by Gasteiger charge is -2.37. The van der Waals surface area contributed by atoms with Crippen LogP contribution >= 0.6 is 0 Å². The van der Waals surface area contributed by atoms with Gasteiger partial charge in [-0.1, -0.05) is 6.42 Å². The molecular formula is C15H31N3O. The van der Waals surface area contributed by atoms with Gasteiger partial charge in [-0.05, 0) is 47.2 Å². The van der Waals surface area contributed by atoms with Gasteiger partial charge in [0.1, 0.15) is 5.78 Å². The van der Waals surface area contributed by atoms with Crippen molar-refractivity contribution in [3.63, 3.8) is 0 Å². The molecule has 0 spiro atoms. The Bertz CT molecular complexity index is 260. The molecule has 0 aromatic rings. The predicted octanol–water partition coefficient (Wildman–Crippen LogP) is 1.36. The number of nitrogens with zero attached hydrogens (tertiary/aromatic N) is 2. The average Bonchev–Trinajstić information content (AvgIpc) is 2.38. The zero-order valence-corrected chi connectivity index (χ0v) is 13.1. The van der Waals surface area contributed by atoms with Crippen molar-refractivity contribution >= 4 is 5.78 Å². The maximum absolute atomic E-state index is 11.3. The van der Waals surface area contributed by atoms with E-state index in [0.29, 0.717) is 6.04 Å². The number of likely N-dealkylation sites (N-methyl/N-ethyl adjacent to an activating group) is 1. The highest BCUT2D eigenvalue weighted by Gasteiger charge is 2.18. The summed E-state index contributed by atoms with van der Waals surface area (Å²) in [7, 11) is 1.87. The third-order valence-electron chi connectivity index (χ3n) is 4.19. The van der Waals surface area contributed by atoms with Crippen molar-refractivity contribution in [3.05, 3.63) is 0 Å². The molecule has 0 radical (unpaired) electrons. The van der Waals surface area contributed by atoms with E-state index in [2.05, 4.69) is 29.0 Å². The minimum Gasteiger partial charge on any atom is -0.311 e. The third-order valence-corrected chi connectivity index (χ3v) is 4.19. The zero-order chi connectivity index (χ0) is 14.3. The largest absolute Gasteiger partial charge is 0.311 e. The third kappa shape index (κ3) is 6.02. The van der Waals surface area contributed by atoms with Crippen molar-refractivity contribution in [2.75, 3.05) is 39.8 Å². The maximum atomic E-state index is 11.3. The Labute approximate surface area is 118 Å². The summed E-state index contributed by atoms with van der Waals surface area (Å²) in [5.74, 6) is 0.257. The van der Waals surface area contributed by atoms with Crippen LogP contribution in [0.2, 0.25) is 0 Å². The number of nitrogens with one attached hydrogen (secondary N) is 1. The van der Waals surface area contributed by atoms with Gasteiger partial charge >= 0.3 is 0 Å². The van der Waals surface area contributed by atoms with Gasteiger partial charge in [-0.3, -0.25) is 9.69 Å². The Hall–Kier alpha value is -0.450. The number of hydrogen-bond donors (Lipinski definition) is 1. The molecule has 0 amide bonds. The van der Waals surface area contributed by atoms with E-state index in [9.17, 15) is 4.79 Å². The first-order valence-corrected chi connectivity index (χ1v) is 7.68. The number of carbonyl (C=O) groups excluding carboxylic acids is 1. The first-order chi connectivity index (χ1) is 9.04. The quantitative estimate of drug-likeness (QED) is 0.675. The fourth-order valence-electron chi connectivity index (χ4n) is 2.74. The van der Waals surface area contributed by atoms with E-state index < -0.39 is 0 Å². The molecular weight excluding hydrogens is 238 g/mol. The molecule has 4 nitrogen and oxygen atoms in total. The van der Waals surface area contributed by atoms with Crippen LogP contribution in [-0.2, 0) is 4.79 Å². The van der Waals surface area contributed by atoms with Crippen molar-refractivity contribution in [2.24, 2.45) is 0 Å². The summed E-state index contributed by atoms with van der Waals surface area (Å²) in [5, 5.41) is 3.09. The molecule has 0 saturated carbocycles. The summed E-state index contributed by atoms with van der Waals surface area (Å²) in [6.07, 6.45) is 3.31. The van der Waals surface area contributed by atoms with Gasteiger partial charge in [0.05, 0.1) is 6.04 Å². The van der Waals surface area contributed by atoms with Gasteiger partial charge in [0.2, 0.25) is 0 Å². The van der Waals surface area contributed by atoms with E-state index >= 15 is 0 Å². The van der Waals surface area contributed by atoms with Gasteiger partial charge in [-0.25, -0.2) is 0 Å². The molecule has 1 heterocycles. The van der Waals surface area contributed by atoms with Gasteiger partial charge in [-0.2, -0.15) is 0 Å². The van der Waals surface area contributed by atoms with Gasteiger partial charge in [0.15, 0.2) is 0 Å². The Kier molecular flexibility index (Phi) is 7.57. The molecule has 0 bridgehead atoms. The van der Waals surface area contributed by atoms with Crippen LogP contribution in [0.25, 0.3) is 0 Å². The molecule has 1 atom stereocenters. The van der Waals surface area contributed by atoms with Gasteiger partial charge in [-0.15, -0.1) is 0 Å². The van der Waals surface area contributed by atoms with Crippen LogP contribution in [-0.4, -0.2) is 67.4 Å². The van der Waals surface area contributed by atoms with Gasteiger partial charge in [0, 0.05) is 32.2 Å². The van der Waals surface area contributed by atoms with Crippen molar-refractivity contribution < 1.29 is 4.79 Å². The van der Waals surface area contributed by atoms with Gasteiger partial charge in [0.25, 0.3) is 0 Å². The topological polar surface area (TPSA) is 35.6 Å². The Morgan fingerprint density at radius 2 is 1.79 bits per heavy atom. The molecule has 0 unspecified atom stereocenters. The molecule has 1 saturated heterocycles. The zero-order valence-electron chi connectivity index (χ0n) is 13.1. The number of Topliss-reactive ketones (excluding diaryl/α,β-unsaturated/α-hetero) is 1. The number of unbranched alkanes of at least 4 members (excludes halogenated alkanes) is 1. The van der Waals surface area contributed by atoms with E-state index in [1.807, 2.05) is 7.05 Å². The molecule has 0 aromatic carbocycles. The molecule has 1 aliphatic rings. The standard InChI is InChI=1S/C15H31N3O/c1-13(2)18-11-9-17(10-12-18)8-6-5-7-15(16-4)14(3)19/h13,15-16H,5-12H2,1-4H3/t15-/m0/s1. The van der Waals surface area contributed by atoms with Crippen molar-refractivity contribution in [3.8, 4) is 0 Å². The Morgan fingerprint density at radius 3 is 2.26 bits per heavy atom. The lowest BCUT2D eigenvalue weighted by atomic mass is 10.1. The summed E-state index contributed by atoms with van der Waals surface area (Å²) in [4.78, 5) is 16.4. The molecule has 0 aromatic heterocycles. The van der Waals surface area contributed by atoms with E-state index in [0.717, 1.165) is 12.8 Å². The van der Waals surface area contributed by atoms with E-state index in [1.54, 1.807) is 6.92 Å². The fraction of sp³-hybridized carbons (Fsp3) is 0.933. The van der Waals surface area contributed by atoms with Crippen LogP contribution in [0, 0.1) is 0 Å². The molecule has 1 aliphatic heterocycles. The summed E-state index contributed by atoms with van der Waals surface area (Å²) >= 11 is 0. The first kappa shape index (κ1) is 16.6. The molecule has 19 heavy (non-hydrogen) atoms. The highest BCUT2D eigenvalue weighted by molar-refractivity contribution is 5.81. The molecule has 112 valence electrons. The van der Waals surface area contributed by atoms with Crippen LogP contribution < -0.4 is 5.32 Å². The summed E-state index contributed by atoms with van der Waals surface area (Å²) < 4.78 is 0. The van der Waals surface area contributed by atoms with E-state index in [4.69, 9.17) is 0 Å². The number of hydrogen-bond acceptors (Lipinski definition) is 4. The first-order valence-electron chi connectivity index (χ1n) is 7.68. The lowest BCUT2D eigenvalue weighted by Crippen LogP contribution is -2.48. The van der Waals surface area contributed by atoms with Crippen molar-refractivity contribution in [1.82, 2.24) is 15.1 Å². The molecule has 1 N–H and O–H groups in total. The highest BCUT2D eigenvalue weighted by Crippen LogP contribution is 2.08. The second kappa shape index (κ2) is 8.67. The Balaban J connectivity index is 2.09. The SMILES string of the molecule is CN[C@@H](CCCCN1CCN(C(C)C)CC1)C(C)=O. The Morgan fingerprint density at radius 1 is 1.16 bits per heavy atom.